The van der Waals surface area contributed by atoms with E-state index in [2.05, 4.69) is 0 Å². The number of hydrogen-bond donors (Lipinski definition) is 0. The molecule has 0 aromatic heterocycles. The van der Waals surface area contributed by atoms with Crippen molar-refractivity contribution in [2.45, 2.75) is 6.55 Å². The second-order valence-electron chi connectivity index (χ2n) is 6.90. The van der Waals surface area contributed by atoms with Crippen LogP contribution in [0.4, 0.5) is 0 Å². The Labute approximate surface area is 209 Å². The number of rotatable bonds is 4. The highest BCUT2D eigenvalue weighted by atomic mass is 35.8. The fraction of sp³-hybridized carbons (Fsp3) is 0.0370. The van der Waals surface area contributed by atoms with Gasteiger partial charge in [0.05, 0.1) is 0 Å². The Hall–Kier alpha value is -2.69. The molecule has 0 radical (unpaired) electrons. The molecule has 4 aromatic rings. The van der Waals surface area contributed by atoms with Crippen LogP contribution in [-0.2, 0) is 0 Å². The van der Waals surface area contributed by atoms with E-state index in [-0.39, 0.29) is 11.6 Å². The molecular weight excluding hydrogens is 491 g/mol. The van der Waals surface area contributed by atoms with E-state index in [1.165, 1.54) is 0 Å². The van der Waals surface area contributed by atoms with Crippen molar-refractivity contribution >= 4 is 50.8 Å². The Morgan fingerprint density at radius 3 is 0.758 bits per heavy atom. The molecule has 33 heavy (non-hydrogen) atoms. The predicted molar refractivity (Wildman–Crippen MR) is 142 cm³/mol. The third-order valence-electron chi connectivity index (χ3n) is 4.14. The first-order valence-electron chi connectivity index (χ1n) is 10.1. The average Bonchev–Trinajstić information content (AvgIpc) is 2.85. The van der Waals surface area contributed by atoms with Crippen molar-refractivity contribution in [1.29, 1.82) is 0 Å². The third kappa shape index (κ3) is 10.6. The molecule has 6 heteroatoms. The van der Waals surface area contributed by atoms with Crippen LogP contribution >= 0.6 is 33.2 Å². The van der Waals surface area contributed by atoms with Crippen LogP contribution in [0.15, 0.2) is 121 Å². The molecule has 168 valence electrons. The lowest BCUT2D eigenvalue weighted by molar-refractivity contribution is 0.103. The summed E-state index contributed by atoms with van der Waals surface area (Å²) in [4.78, 5) is 23.7. The molecule has 0 aliphatic heterocycles. The minimum absolute atomic E-state index is 0.0752. The maximum absolute atomic E-state index is 11.8. The van der Waals surface area contributed by atoms with Gasteiger partial charge in [-0.05, 0) is 6.55 Å². The van der Waals surface area contributed by atoms with Crippen molar-refractivity contribution in [1.82, 2.24) is 0 Å². The maximum atomic E-state index is 11.8. The van der Waals surface area contributed by atoms with Gasteiger partial charge in [-0.3, -0.25) is 9.59 Å². The first-order chi connectivity index (χ1) is 15.8. The van der Waals surface area contributed by atoms with Crippen LogP contribution in [0.3, 0.4) is 0 Å². The van der Waals surface area contributed by atoms with Gasteiger partial charge in [-0.15, -0.1) is 33.2 Å². The van der Waals surface area contributed by atoms with Gasteiger partial charge in [0.15, 0.2) is 11.6 Å². The van der Waals surface area contributed by atoms with Gasteiger partial charge in [-0.2, -0.15) is 0 Å². The molecule has 0 heterocycles. The number of benzene rings is 4. The van der Waals surface area contributed by atoms with Crippen molar-refractivity contribution < 1.29 is 9.59 Å². The first kappa shape index (κ1) is 26.6. The molecule has 0 atom stereocenters. The van der Waals surface area contributed by atoms with E-state index in [4.69, 9.17) is 33.2 Å². The molecule has 0 aliphatic carbocycles. The van der Waals surface area contributed by atoms with Gasteiger partial charge in [0.1, 0.15) is 0 Å². The highest BCUT2D eigenvalue weighted by Crippen LogP contribution is 2.17. The van der Waals surface area contributed by atoms with Crippen molar-refractivity contribution in [3.05, 3.63) is 144 Å². The summed E-state index contributed by atoms with van der Waals surface area (Å²) in [6.07, 6.45) is 0. The summed E-state index contributed by atoms with van der Waals surface area (Å²) in [6.45, 7) is 1.62. The molecule has 4 rings (SSSR count). The van der Waals surface area contributed by atoms with Crippen LogP contribution in [-0.4, -0.2) is 17.6 Å². The monoisotopic (exact) mass is 512 g/mol. The van der Waals surface area contributed by atoms with Crippen LogP contribution in [0.1, 0.15) is 31.8 Å². The number of ketones is 2. The third-order valence-corrected chi connectivity index (χ3v) is 4.14. The van der Waals surface area contributed by atoms with Crippen LogP contribution in [0.5, 0.6) is 0 Å². The lowest BCUT2D eigenvalue weighted by Gasteiger charge is -1.99. The lowest BCUT2D eigenvalue weighted by atomic mass is 10.0. The summed E-state index contributed by atoms with van der Waals surface area (Å²) in [5.74, 6) is 0.150. The molecule has 4 aromatic carbocycles. The van der Waals surface area contributed by atoms with Crippen molar-refractivity contribution in [3.63, 3.8) is 0 Å². The average molecular weight is 514 g/mol. The summed E-state index contributed by atoms with van der Waals surface area (Å²) >= 11 is 15.6. The van der Waals surface area contributed by atoms with Gasteiger partial charge >= 0.3 is 6.00 Å². The molecule has 0 aliphatic rings. The molecular formula is C27H23Cl3O2Si. The van der Waals surface area contributed by atoms with Gasteiger partial charge in [0.2, 0.25) is 0 Å². The van der Waals surface area contributed by atoms with Gasteiger partial charge in [0.25, 0.3) is 0 Å². The number of carbonyl (C=O) groups is 2. The van der Waals surface area contributed by atoms with E-state index in [0.29, 0.717) is 0 Å². The SMILES string of the molecule is C[Si](Cl)(Cl)Cl.O=C(c1ccccc1)c1ccccc1.O=C(c1ccccc1)c1ccccc1. The zero-order valence-corrected chi connectivity index (χ0v) is 21.3. The van der Waals surface area contributed by atoms with Gasteiger partial charge in [0, 0.05) is 22.3 Å². The molecule has 0 N–H and O–H groups in total. The van der Waals surface area contributed by atoms with Crippen molar-refractivity contribution in [2.24, 2.45) is 0 Å². The maximum Gasteiger partial charge on any atom is 0.338 e. The van der Waals surface area contributed by atoms with Gasteiger partial charge in [-0.25, -0.2) is 0 Å². The summed E-state index contributed by atoms with van der Waals surface area (Å²) in [5.41, 5.74) is 2.94. The van der Waals surface area contributed by atoms with Crippen LogP contribution in [0.25, 0.3) is 0 Å². The molecule has 2 nitrogen and oxygen atoms in total. The zero-order valence-electron chi connectivity index (χ0n) is 18.0. The fourth-order valence-corrected chi connectivity index (χ4v) is 2.69. The normalized spacial score (nSPS) is 10.1. The molecule has 0 unspecified atom stereocenters. The summed E-state index contributed by atoms with van der Waals surface area (Å²) < 4.78 is 0. The van der Waals surface area contributed by atoms with Crippen LogP contribution < -0.4 is 0 Å². The summed E-state index contributed by atoms with van der Waals surface area (Å²) in [7, 11) is 0. The number of halogens is 3. The molecule has 0 fully saturated rings. The Bertz CT molecular complexity index is 940. The summed E-state index contributed by atoms with van der Waals surface area (Å²) in [6, 6.07) is 35.0. The Kier molecular flexibility index (Phi) is 11.1. The highest BCUT2D eigenvalue weighted by molar-refractivity contribution is 7.64. The molecule has 0 amide bonds. The van der Waals surface area contributed by atoms with Gasteiger partial charge < -0.3 is 0 Å². The lowest BCUT2D eigenvalue weighted by Crippen LogP contribution is -1.99. The second-order valence-corrected chi connectivity index (χ2v) is 17.0. The Morgan fingerprint density at radius 2 is 0.606 bits per heavy atom. The Morgan fingerprint density at radius 1 is 0.455 bits per heavy atom. The topological polar surface area (TPSA) is 34.1 Å². The van der Waals surface area contributed by atoms with Crippen molar-refractivity contribution in [2.75, 3.05) is 0 Å². The van der Waals surface area contributed by atoms with Crippen LogP contribution in [0, 0.1) is 0 Å². The van der Waals surface area contributed by atoms with E-state index in [1.807, 2.05) is 121 Å². The van der Waals surface area contributed by atoms with E-state index in [1.54, 1.807) is 6.55 Å². The zero-order chi connectivity index (χ0) is 24.1. The largest absolute Gasteiger partial charge is 0.338 e. The Balaban J connectivity index is 0.000000195. The number of carbonyl (C=O) groups excluding carboxylic acids is 2. The second kappa shape index (κ2) is 13.8. The van der Waals surface area contributed by atoms with E-state index < -0.39 is 6.00 Å². The standard InChI is InChI=1S/2C13H10O.CH3Cl3Si/c2*14-13(11-7-3-1-4-8-11)12-9-5-2-6-10-12;1-5(2,3)4/h2*1-10H;1H3. The minimum Gasteiger partial charge on any atom is -0.289 e. The summed E-state index contributed by atoms with van der Waals surface area (Å²) in [5, 5.41) is 0. The minimum atomic E-state index is -2.19. The molecule has 0 bridgehead atoms. The van der Waals surface area contributed by atoms with Gasteiger partial charge in [-0.1, -0.05) is 121 Å². The van der Waals surface area contributed by atoms with E-state index in [0.717, 1.165) is 22.3 Å². The quantitative estimate of drug-likeness (QED) is 0.157. The fourth-order valence-electron chi connectivity index (χ4n) is 2.69. The van der Waals surface area contributed by atoms with E-state index >= 15 is 0 Å². The highest BCUT2D eigenvalue weighted by Gasteiger charge is 2.13. The first-order valence-corrected chi connectivity index (χ1v) is 15.7. The smallest absolute Gasteiger partial charge is 0.289 e. The van der Waals surface area contributed by atoms with Crippen molar-refractivity contribution in [3.8, 4) is 0 Å². The molecule has 0 saturated carbocycles. The number of hydrogen-bond acceptors (Lipinski definition) is 2. The van der Waals surface area contributed by atoms with E-state index in [9.17, 15) is 9.59 Å². The van der Waals surface area contributed by atoms with Crippen LogP contribution in [0.2, 0.25) is 6.55 Å². The molecule has 0 saturated heterocycles. The predicted octanol–water partition coefficient (Wildman–Crippen LogP) is 8.11. The molecule has 0 spiro atoms.